The number of halogens is 1. The van der Waals surface area contributed by atoms with Crippen molar-refractivity contribution in [3.8, 4) is 11.3 Å². The van der Waals surface area contributed by atoms with E-state index in [0.717, 1.165) is 16.1 Å². The predicted octanol–water partition coefficient (Wildman–Crippen LogP) is 4.76. The second-order valence-electron chi connectivity index (χ2n) is 6.59. The fourth-order valence-corrected chi connectivity index (χ4v) is 3.63. The largest absolute Gasteiger partial charge is 0.459 e. The van der Waals surface area contributed by atoms with Crippen molar-refractivity contribution in [3.05, 3.63) is 58.3 Å². The number of benzene rings is 1. The molecule has 0 aliphatic heterocycles. The Morgan fingerprint density at radius 3 is 2.50 bits per heavy atom. The maximum absolute atomic E-state index is 12.8. The van der Waals surface area contributed by atoms with E-state index in [1.54, 1.807) is 24.3 Å². The molecule has 0 radical (unpaired) electrons. The Labute approximate surface area is 171 Å². The summed E-state index contributed by atoms with van der Waals surface area (Å²) in [6, 6.07) is 9.82. The second kappa shape index (κ2) is 8.58. The highest BCUT2D eigenvalue weighted by molar-refractivity contribution is 7.16. The number of amides is 2. The lowest BCUT2D eigenvalue weighted by Crippen LogP contribution is -2.47. The lowest BCUT2D eigenvalue weighted by molar-refractivity contribution is -0.118. The molecule has 1 atom stereocenters. The van der Waals surface area contributed by atoms with Crippen LogP contribution in [0, 0.1) is 12.8 Å². The number of nitrogens with zero attached hydrogens (tertiary/aromatic N) is 1. The number of aromatic nitrogens is 1. The Morgan fingerprint density at radius 2 is 1.89 bits per heavy atom. The summed E-state index contributed by atoms with van der Waals surface area (Å²) >= 11 is 7.32. The number of hydrogen-bond acceptors (Lipinski definition) is 5. The summed E-state index contributed by atoms with van der Waals surface area (Å²) in [7, 11) is 0. The van der Waals surface area contributed by atoms with E-state index in [1.165, 1.54) is 17.6 Å². The van der Waals surface area contributed by atoms with Crippen LogP contribution in [-0.4, -0.2) is 22.8 Å². The molecule has 8 heteroatoms. The van der Waals surface area contributed by atoms with E-state index in [1.807, 2.05) is 32.9 Å². The van der Waals surface area contributed by atoms with Crippen LogP contribution in [0.4, 0.5) is 5.13 Å². The van der Waals surface area contributed by atoms with Crippen molar-refractivity contribution in [1.29, 1.82) is 0 Å². The number of furan rings is 1. The molecule has 2 N–H and O–H groups in total. The van der Waals surface area contributed by atoms with E-state index in [0.29, 0.717) is 10.2 Å². The van der Waals surface area contributed by atoms with Gasteiger partial charge in [-0.3, -0.25) is 9.59 Å². The Kier molecular flexibility index (Phi) is 6.16. The number of thiazole rings is 1. The van der Waals surface area contributed by atoms with Gasteiger partial charge in [-0.2, -0.15) is 0 Å². The van der Waals surface area contributed by atoms with Gasteiger partial charge in [-0.25, -0.2) is 4.98 Å². The molecule has 0 aliphatic rings. The number of aryl methyl sites for hydroxylation is 1. The van der Waals surface area contributed by atoms with Crippen LogP contribution in [0.3, 0.4) is 0 Å². The first-order chi connectivity index (χ1) is 13.3. The Balaban J connectivity index is 1.74. The van der Waals surface area contributed by atoms with Crippen molar-refractivity contribution < 1.29 is 14.0 Å². The maximum atomic E-state index is 12.8. The summed E-state index contributed by atoms with van der Waals surface area (Å²) in [5, 5.41) is 6.66. The van der Waals surface area contributed by atoms with Gasteiger partial charge in [-0.1, -0.05) is 37.6 Å². The Morgan fingerprint density at radius 1 is 1.18 bits per heavy atom. The molecule has 2 aromatic heterocycles. The van der Waals surface area contributed by atoms with E-state index in [-0.39, 0.29) is 17.6 Å². The van der Waals surface area contributed by atoms with Crippen molar-refractivity contribution in [3.63, 3.8) is 0 Å². The van der Waals surface area contributed by atoms with Gasteiger partial charge in [0.15, 0.2) is 10.9 Å². The molecule has 0 spiro atoms. The van der Waals surface area contributed by atoms with Gasteiger partial charge in [0.25, 0.3) is 5.91 Å². The molecular weight excluding hydrogens is 398 g/mol. The number of carbonyl (C=O) groups is 2. The topological polar surface area (TPSA) is 84.2 Å². The zero-order valence-electron chi connectivity index (χ0n) is 15.7. The molecule has 146 valence electrons. The minimum absolute atomic E-state index is 0.115. The van der Waals surface area contributed by atoms with E-state index < -0.39 is 11.9 Å². The van der Waals surface area contributed by atoms with E-state index >= 15 is 0 Å². The van der Waals surface area contributed by atoms with Crippen LogP contribution in [0.5, 0.6) is 0 Å². The van der Waals surface area contributed by atoms with E-state index in [2.05, 4.69) is 15.6 Å². The van der Waals surface area contributed by atoms with Crippen molar-refractivity contribution >= 4 is 39.9 Å². The molecule has 0 aliphatic carbocycles. The van der Waals surface area contributed by atoms with Crippen LogP contribution in [0.2, 0.25) is 5.02 Å². The summed E-state index contributed by atoms with van der Waals surface area (Å²) in [6.07, 6.45) is 1.41. The van der Waals surface area contributed by atoms with Crippen molar-refractivity contribution in [2.24, 2.45) is 5.92 Å². The maximum Gasteiger partial charge on any atom is 0.287 e. The molecule has 0 saturated carbocycles. The van der Waals surface area contributed by atoms with Crippen LogP contribution in [0.1, 0.15) is 29.3 Å². The fraction of sp³-hybridized carbons (Fsp3) is 0.250. The highest BCUT2D eigenvalue weighted by Gasteiger charge is 2.26. The standard InChI is InChI=1S/C20H20ClN3O3S/c1-11(2)16(22-18(25)15-5-4-10-27-15)19(26)24-20-23-17(12(3)28-20)13-6-8-14(21)9-7-13/h4-11,16H,1-3H3,(H,22,25)(H,23,24,26). The number of anilines is 1. The van der Waals surface area contributed by atoms with Crippen LogP contribution in [-0.2, 0) is 4.79 Å². The molecule has 2 amide bonds. The van der Waals surface area contributed by atoms with Gasteiger partial charge in [-0.15, -0.1) is 11.3 Å². The van der Waals surface area contributed by atoms with Gasteiger partial charge in [0, 0.05) is 15.5 Å². The SMILES string of the molecule is Cc1sc(NC(=O)C(NC(=O)c2ccco2)C(C)C)nc1-c1ccc(Cl)cc1. The fourth-order valence-electron chi connectivity index (χ4n) is 2.66. The summed E-state index contributed by atoms with van der Waals surface area (Å²) in [6.45, 7) is 5.66. The van der Waals surface area contributed by atoms with Gasteiger partial charge < -0.3 is 15.1 Å². The van der Waals surface area contributed by atoms with Gasteiger partial charge in [0.05, 0.1) is 12.0 Å². The second-order valence-corrected chi connectivity index (χ2v) is 8.23. The molecular formula is C20H20ClN3O3S. The molecule has 0 saturated heterocycles. The number of nitrogens with one attached hydrogen (secondary N) is 2. The third-order valence-electron chi connectivity index (χ3n) is 4.13. The molecule has 1 unspecified atom stereocenters. The van der Waals surface area contributed by atoms with Crippen LogP contribution >= 0.6 is 22.9 Å². The van der Waals surface area contributed by atoms with Crippen LogP contribution in [0.25, 0.3) is 11.3 Å². The first kappa shape index (κ1) is 20.1. The molecule has 2 heterocycles. The summed E-state index contributed by atoms with van der Waals surface area (Å²) < 4.78 is 5.09. The van der Waals surface area contributed by atoms with Crippen LogP contribution < -0.4 is 10.6 Å². The van der Waals surface area contributed by atoms with Crippen molar-refractivity contribution in [1.82, 2.24) is 10.3 Å². The molecule has 28 heavy (non-hydrogen) atoms. The predicted molar refractivity (Wildman–Crippen MR) is 111 cm³/mol. The quantitative estimate of drug-likeness (QED) is 0.605. The highest BCUT2D eigenvalue weighted by atomic mass is 35.5. The lowest BCUT2D eigenvalue weighted by Gasteiger charge is -2.20. The molecule has 3 rings (SSSR count). The van der Waals surface area contributed by atoms with Crippen molar-refractivity contribution in [2.75, 3.05) is 5.32 Å². The third-order valence-corrected chi connectivity index (χ3v) is 5.26. The third kappa shape index (κ3) is 4.61. The molecule has 3 aromatic rings. The molecule has 1 aromatic carbocycles. The lowest BCUT2D eigenvalue weighted by atomic mass is 10.0. The average molecular weight is 418 g/mol. The van der Waals surface area contributed by atoms with Gasteiger partial charge in [0.1, 0.15) is 6.04 Å². The Bertz CT molecular complexity index is 965. The van der Waals surface area contributed by atoms with Gasteiger partial charge in [0.2, 0.25) is 5.91 Å². The zero-order valence-corrected chi connectivity index (χ0v) is 17.2. The molecule has 0 bridgehead atoms. The summed E-state index contributed by atoms with van der Waals surface area (Å²) in [4.78, 5) is 30.5. The average Bonchev–Trinajstić information content (AvgIpc) is 3.30. The highest BCUT2D eigenvalue weighted by Crippen LogP contribution is 2.31. The monoisotopic (exact) mass is 417 g/mol. The minimum Gasteiger partial charge on any atom is -0.459 e. The minimum atomic E-state index is -0.721. The zero-order chi connectivity index (χ0) is 20.3. The van der Waals surface area contributed by atoms with Gasteiger partial charge in [-0.05, 0) is 37.1 Å². The molecule has 0 fully saturated rings. The van der Waals surface area contributed by atoms with Gasteiger partial charge >= 0.3 is 0 Å². The normalized spacial score (nSPS) is 12.0. The number of carbonyl (C=O) groups excluding carboxylic acids is 2. The number of rotatable bonds is 6. The van der Waals surface area contributed by atoms with E-state index in [4.69, 9.17) is 16.0 Å². The van der Waals surface area contributed by atoms with E-state index in [9.17, 15) is 9.59 Å². The van der Waals surface area contributed by atoms with Crippen molar-refractivity contribution in [2.45, 2.75) is 26.8 Å². The van der Waals surface area contributed by atoms with Crippen LogP contribution in [0.15, 0.2) is 47.1 Å². The Hall–Kier alpha value is -2.64. The summed E-state index contributed by atoms with van der Waals surface area (Å²) in [5.74, 6) is -0.716. The first-order valence-corrected chi connectivity index (χ1v) is 9.93. The summed E-state index contributed by atoms with van der Waals surface area (Å²) in [5.41, 5.74) is 1.71. The smallest absolute Gasteiger partial charge is 0.287 e. The molecule has 6 nitrogen and oxygen atoms in total. The first-order valence-electron chi connectivity index (χ1n) is 8.73. The number of hydrogen-bond donors (Lipinski definition) is 2.